The molecule has 0 aromatic carbocycles. The van der Waals surface area contributed by atoms with E-state index in [2.05, 4.69) is 15.3 Å². The Morgan fingerprint density at radius 3 is 2.87 bits per heavy atom. The van der Waals surface area contributed by atoms with Crippen molar-refractivity contribution in [3.63, 3.8) is 0 Å². The van der Waals surface area contributed by atoms with Gasteiger partial charge in [-0.2, -0.15) is 0 Å². The van der Waals surface area contributed by atoms with Gasteiger partial charge < -0.3 is 10.1 Å². The van der Waals surface area contributed by atoms with Crippen LogP contribution in [0.1, 0.15) is 18.3 Å². The molecule has 0 aliphatic rings. The van der Waals surface area contributed by atoms with E-state index in [1.165, 1.54) is 4.57 Å². The van der Waals surface area contributed by atoms with Crippen molar-refractivity contribution in [2.24, 2.45) is 0 Å². The average molecular weight is 316 g/mol. The first-order valence-electron chi connectivity index (χ1n) is 7.47. The Morgan fingerprint density at radius 2 is 2.17 bits per heavy atom. The minimum Gasteiger partial charge on any atom is -0.465 e. The quantitative estimate of drug-likeness (QED) is 0.772. The van der Waals surface area contributed by atoms with Gasteiger partial charge in [-0.25, -0.2) is 4.98 Å². The molecular weight excluding hydrogens is 296 g/mol. The van der Waals surface area contributed by atoms with Crippen molar-refractivity contribution in [3.8, 4) is 0 Å². The molecule has 0 atom stereocenters. The molecule has 0 aliphatic heterocycles. The van der Waals surface area contributed by atoms with Crippen molar-refractivity contribution in [1.29, 1.82) is 0 Å². The number of hydrogen-bond acceptors (Lipinski definition) is 6. The number of rotatable bonds is 7. The summed E-state index contributed by atoms with van der Waals surface area (Å²) in [7, 11) is 0. The van der Waals surface area contributed by atoms with Gasteiger partial charge in [-0.1, -0.05) is 6.07 Å². The number of hydrogen-bond donors (Lipinski definition) is 1. The molecule has 0 fully saturated rings. The third-order valence-corrected chi connectivity index (χ3v) is 3.25. The van der Waals surface area contributed by atoms with Crippen molar-refractivity contribution >= 4 is 11.8 Å². The monoisotopic (exact) mass is 316 g/mol. The average Bonchev–Trinajstić information content (AvgIpc) is 2.55. The third-order valence-electron chi connectivity index (χ3n) is 3.25. The number of nitrogens with zero attached hydrogens (tertiary/aromatic N) is 3. The second-order valence-corrected chi connectivity index (χ2v) is 4.94. The van der Waals surface area contributed by atoms with Gasteiger partial charge in [0.15, 0.2) is 5.82 Å². The summed E-state index contributed by atoms with van der Waals surface area (Å²) in [5.41, 5.74) is 1.20. The van der Waals surface area contributed by atoms with Crippen LogP contribution in [0.4, 0.5) is 5.82 Å². The van der Waals surface area contributed by atoms with Crippen LogP contribution in [0.5, 0.6) is 0 Å². The van der Waals surface area contributed by atoms with Gasteiger partial charge in [-0.15, -0.1) is 0 Å². The minimum absolute atomic E-state index is 0.115. The molecule has 0 saturated heterocycles. The molecule has 7 heteroatoms. The van der Waals surface area contributed by atoms with Gasteiger partial charge in [-0.3, -0.25) is 19.1 Å². The molecule has 0 radical (unpaired) electrons. The number of aryl methyl sites for hydroxylation is 1. The maximum Gasteiger partial charge on any atom is 0.326 e. The predicted octanol–water partition coefficient (Wildman–Crippen LogP) is 1.16. The lowest BCUT2D eigenvalue weighted by Crippen LogP contribution is -2.30. The first-order valence-corrected chi connectivity index (χ1v) is 7.47. The largest absolute Gasteiger partial charge is 0.465 e. The number of pyridine rings is 1. The number of carbonyl (C=O) groups excluding carboxylic acids is 1. The highest BCUT2D eigenvalue weighted by Gasteiger charge is 2.11. The van der Waals surface area contributed by atoms with E-state index < -0.39 is 5.97 Å². The number of carbonyl (C=O) groups is 1. The van der Waals surface area contributed by atoms with Crippen LogP contribution in [0, 0.1) is 6.92 Å². The zero-order chi connectivity index (χ0) is 16.7. The van der Waals surface area contributed by atoms with Crippen molar-refractivity contribution in [2.75, 3.05) is 18.5 Å². The molecule has 0 amide bonds. The zero-order valence-corrected chi connectivity index (χ0v) is 13.3. The predicted molar refractivity (Wildman–Crippen MR) is 86.3 cm³/mol. The van der Waals surface area contributed by atoms with Crippen LogP contribution < -0.4 is 10.9 Å². The fraction of sp³-hybridized carbons (Fsp3) is 0.375. The Kier molecular flexibility index (Phi) is 5.85. The summed E-state index contributed by atoms with van der Waals surface area (Å²) in [6, 6.07) is 5.69. The molecule has 2 aromatic heterocycles. The Labute approximate surface area is 134 Å². The first-order chi connectivity index (χ1) is 11.1. The molecule has 7 nitrogen and oxygen atoms in total. The first kappa shape index (κ1) is 16.7. The van der Waals surface area contributed by atoms with Crippen molar-refractivity contribution < 1.29 is 9.53 Å². The van der Waals surface area contributed by atoms with Crippen LogP contribution in [0.3, 0.4) is 0 Å². The van der Waals surface area contributed by atoms with Gasteiger partial charge in [0.2, 0.25) is 0 Å². The van der Waals surface area contributed by atoms with Crippen LogP contribution in [-0.4, -0.2) is 33.7 Å². The fourth-order valence-electron chi connectivity index (χ4n) is 2.08. The smallest absolute Gasteiger partial charge is 0.326 e. The standard InChI is InChI=1S/C16H20N4O3/c1-3-23-14(21)11-20-12(2)10-19-15(16(20)22)18-9-7-13-6-4-5-8-17-13/h4-6,8,10H,3,7,9,11H2,1-2H3,(H,18,19). The van der Waals surface area contributed by atoms with Crippen molar-refractivity contribution in [3.05, 3.63) is 52.3 Å². The molecule has 0 spiro atoms. The van der Waals surface area contributed by atoms with Crippen LogP contribution >= 0.6 is 0 Å². The molecule has 23 heavy (non-hydrogen) atoms. The van der Waals surface area contributed by atoms with E-state index in [1.54, 1.807) is 26.2 Å². The lowest BCUT2D eigenvalue weighted by Gasteiger charge is -2.11. The number of ether oxygens (including phenoxy) is 1. The van der Waals surface area contributed by atoms with E-state index in [4.69, 9.17) is 4.74 Å². The van der Waals surface area contributed by atoms with Crippen LogP contribution in [0.2, 0.25) is 0 Å². The molecule has 2 aromatic rings. The Balaban J connectivity index is 2.05. The second kappa shape index (κ2) is 8.07. The maximum absolute atomic E-state index is 12.4. The van der Waals surface area contributed by atoms with Gasteiger partial charge >= 0.3 is 5.97 Å². The Hall–Kier alpha value is -2.70. The number of nitrogens with one attached hydrogen (secondary N) is 1. The van der Waals surface area contributed by atoms with Crippen molar-refractivity contribution in [2.45, 2.75) is 26.8 Å². The summed E-state index contributed by atoms with van der Waals surface area (Å²) in [4.78, 5) is 32.3. The maximum atomic E-state index is 12.4. The van der Waals surface area contributed by atoms with E-state index >= 15 is 0 Å². The molecular formula is C16H20N4O3. The van der Waals surface area contributed by atoms with E-state index in [0.29, 0.717) is 18.7 Å². The SMILES string of the molecule is CCOC(=O)Cn1c(C)cnc(NCCc2ccccn2)c1=O. The van der Waals surface area contributed by atoms with E-state index in [-0.39, 0.29) is 24.5 Å². The summed E-state index contributed by atoms with van der Waals surface area (Å²) < 4.78 is 6.24. The zero-order valence-electron chi connectivity index (χ0n) is 13.3. The van der Waals surface area contributed by atoms with Gasteiger partial charge in [0.05, 0.1) is 6.61 Å². The Bertz CT molecular complexity index is 713. The molecule has 0 unspecified atom stereocenters. The van der Waals surface area contributed by atoms with Crippen LogP contribution in [0.25, 0.3) is 0 Å². The van der Waals surface area contributed by atoms with Gasteiger partial charge in [0.1, 0.15) is 6.54 Å². The second-order valence-electron chi connectivity index (χ2n) is 4.94. The lowest BCUT2D eigenvalue weighted by molar-refractivity contribution is -0.143. The minimum atomic E-state index is -0.441. The molecule has 0 aliphatic carbocycles. The van der Waals surface area contributed by atoms with E-state index in [1.807, 2.05) is 18.2 Å². The third kappa shape index (κ3) is 4.64. The summed E-state index contributed by atoms with van der Waals surface area (Å²) in [5, 5.41) is 3.00. The lowest BCUT2D eigenvalue weighted by atomic mass is 10.3. The summed E-state index contributed by atoms with van der Waals surface area (Å²) in [5.74, 6) is -0.223. The van der Waals surface area contributed by atoms with Crippen molar-refractivity contribution in [1.82, 2.24) is 14.5 Å². The Morgan fingerprint density at radius 1 is 1.35 bits per heavy atom. The molecule has 122 valence electrons. The normalized spacial score (nSPS) is 10.3. The van der Waals surface area contributed by atoms with Gasteiger partial charge in [0.25, 0.3) is 5.56 Å². The highest BCUT2D eigenvalue weighted by atomic mass is 16.5. The van der Waals surface area contributed by atoms with Crippen LogP contribution in [-0.2, 0) is 22.5 Å². The highest BCUT2D eigenvalue weighted by molar-refractivity contribution is 5.69. The van der Waals surface area contributed by atoms with E-state index in [0.717, 1.165) is 5.69 Å². The number of esters is 1. The molecule has 0 bridgehead atoms. The summed E-state index contributed by atoms with van der Waals surface area (Å²) in [6.45, 7) is 4.15. The summed E-state index contributed by atoms with van der Waals surface area (Å²) in [6.07, 6.45) is 3.96. The topological polar surface area (TPSA) is 86.1 Å². The molecule has 1 N–H and O–H groups in total. The molecule has 2 rings (SSSR count). The molecule has 0 saturated carbocycles. The number of anilines is 1. The summed E-state index contributed by atoms with van der Waals surface area (Å²) >= 11 is 0. The number of aromatic nitrogens is 3. The van der Waals surface area contributed by atoms with Gasteiger partial charge in [-0.05, 0) is 26.0 Å². The fourth-order valence-corrected chi connectivity index (χ4v) is 2.08. The molecule has 2 heterocycles. The van der Waals surface area contributed by atoms with Gasteiger partial charge in [0, 0.05) is 36.7 Å². The van der Waals surface area contributed by atoms with E-state index in [9.17, 15) is 9.59 Å². The highest BCUT2D eigenvalue weighted by Crippen LogP contribution is 2.01. The van der Waals surface area contributed by atoms with Crippen LogP contribution in [0.15, 0.2) is 35.4 Å².